The number of hydrogen-bond donors (Lipinski definition) is 2. The molecule has 2 amide bonds. The van der Waals surface area contributed by atoms with Crippen LogP contribution in [0.3, 0.4) is 0 Å². The molecule has 0 radical (unpaired) electrons. The van der Waals surface area contributed by atoms with Crippen molar-refractivity contribution in [3.63, 3.8) is 0 Å². The Morgan fingerprint density at radius 3 is 2.61 bits per heavy atom. The Kier molecular flexibility index (Phi) is 6.97. The van der Waals surface area contributed by atoms with Crippen molar-refractivity contribution in [1.82, 2.24) is 10.2 Å². The minimum atomic E-state index is -0.229. The normalized spacial score (nSPS) is 19.5. The van der Waals surface area contributed by atoms with E-state index >= 15 is 0 Å². The van der Waals surface area contributed by atoms with Gasteiger partial charge in [0.05, 0.1) is 17.8 Å². The van der Waals surface area contributed by atoms with Crippen molar-refractivity contribution in [2.75, 3.05) is 18.4 Å². The van der Waals surface area contributed by atoms with Gasteiger partial charge in [0, 0.05) is 12.1 Å². The van der Waals surface area contributed by atoms with Gasteiger partial charge >= 0.3 is 0 Å². The van der Waals surface area contributed by atoms with Crippen LogP contribution in [0.5, 0.6) is 0 Å². The van der Waals surface area contributed by atoms with Gasteiger partial charge in [0.15, 0.2) is 0 Å². The maximum atomic E-state index is 13.5. The summed E-state index contributed by atoms with van der Waals surface area (Å²) in [5.74, 6) is -0.493. The van der Waals surface area contributed by atoms with E-state index in [0.717, 1.165) is 57.1 Å². The van der Waals surface area contributed by atoms with Gasteiger partial charge in [-0.1, -0.05) is 37.1 Å². The molecule has 164 valence electrons. The quantitative estimate of drug-likeness (QED) is 0.704. The van der Waals surface area contributed by atoms with Gasteiger partial charge in [0.1, 0.15) is 5.82 Å². The number of hydrogen-bond acceptors (Lipinski definition) is 3. The second-order valence-electron chi connectivity index (χ2n) is 8.65. The molecule has 1 saturated heterocycles. The maximum Gasteiger partial charge on any atom is 0.253 e. The summed E-state index contributed by atoms with van der Waals surface area (Å²) >= 11 is 0. The third-order valence-corrected chi connectivity index (χ3v) is 6.34. The van der Waals surface area contributed by atoms with E-state index in [1.807, 2.05) is 18.2 Å². The summed E-state index contributed by atoms with van der Waals surface area (Å²) in [5, 5.41) is 6.02. The highest BCUT2D eigenvalue weighted by Gasteiger charge is 2.27. The van der Waals surface area contributed by atoms with Crippen LogP contribution in [0.2, 0.25) is 0 Å². The first-order chi connectivity index (χ1) is 15.1. The van der Waals surface area contributed by atoms with Gasteiger partial charge in [-0.3, -0.25) is 14.5 Å². The monoisotopic (exact) mass is 423 g/mol. The molecule has 2 N–H and O–H groups in total. The Balaban J connectivity index is 1.36. The van der Waals surface area contributed by atoms with Crippen LogP contribution in [0, 0.1) is 5.82 Å². The average Bonchev–Trinajstić information content (AvgIpc) is 3.41. The van der Waals surface area contributed by atoms with E-state index < -0.39 is 0 Å². The first-order valence-electron chi connectivity index (χ1n) is 11.3. The molecule has 31 heavy (non-hydrogen) atoms. The highest BCUT2D eigenvalue weighted by Crippen LogP contribution is 2.23. The standard InChI is InChI=1S/C25H30FN3O2/c26-19-8-5-7-18(15-19)16-21-11-6-14-29(21)17-24(30)28-23-13-4-3-12-22(23)25(31)27-20-9-1-2-10-20/h3-5,7-8,12-13,15,20-21H,1-2,6,9-11,14,16-17H2,(H,27,31)(H,28,30). The van der Waals surface area contributed by atoms with Crippen LogP contribution < -0.4 is 10.6 Å². The van der Waals surface area contributed by atoms with Gasteiger partial charge in [-0.2, -0.15) is 0 Å². The lowest BCUT2D eigenvalue weighted by Gasteiger charge is -2.24. The Bertz CT molecular complexity index is 926. The number of nitrogens with zero attached hydrogens (tertiary/aromatic N) is 1. The summed E-state index contributed by atoms with van der Waals surface area (Å²) < 4.78 is 13.5. The predicted molar refractivity (Wildman–Crippen MR) is 119 cm³/mol. The summed E-state index contributed by atoms with van der Waals surface area (Å²) in [6.07, 6.45) is 7.07. The average molecular weight is 424 g/mol. The molecular weight excluding hydrogens is 393 g/mol. The zero-order chi connectivity index (χ0) is 21.6. The molecule has 6 heteroatoms. The van der Waals surface area contributed by atoms with Crippen molar-refractivity contribution in [2.45, 2.75) is 57.0 Å². The lowest BCUT2D eigenvalue weighted by atomic mass is 10.0. The number of amides is 2. The Morgan fingerprint density at radius 1 is 1.00 bits per heavy atom. The van der Waals surface area contributed by atoms with Crippen LogP contribution in [0.15, 0.2) is 48.5 Å². The second kappa shape index (κ2) is 10.1. The van der Waals surface area contributed by atoms with Crippen LogP contribution in [0.25, 0.3) is 0 Å². The predicted octanol–water partition coefficient (Wildman–Crippen LogP) is 4.14. The fourth-order valence-corrected chi connectivity index (χ4v) is 4.77. The molecule has 1 saturated carbocycles. The Labute approximate surface area is 183 Å². The molecule has 1 atom stereocenters. The molecule has 2 fully saturated rings. The second-order valence-corrected chi connectivity index (χ2v) is 8.65. The zero-order valence-corrected chi connectivity index (χ0v) is 17.8. The SMILES string of the molecule is O=C(CN1CCCC1Cc1cccc(F)c1)Nc1ccccc1C(=O)NC1CCCC1. The van der Waals surface area contributed by atoms with Gasteiger partial charge < -0.3 is 10.6 Å². The number of benzene rings is 2. The Hall–Kier alpha value is -2.73. The van der Waals surface area contributed by atoms with Crippen LogP contribution in [0.1, 0.15) is 54.4 Å². The molecular formula is C25H30FN3O2. The molecule has 4 rings (SSSR count). The van der Waals surface area contributed by atoms with Crippen LogP contribution in [-0.4, -0.2) is 41.9 Å². The zero-order valence-electron chi connectivity index (χ0n) is 17.8. The van der Waals surface area contributed by atoms with Crippen LogP contribution in [0.4, 0.5) is 10.1 Å². The van der Waals surface area contributed by atoms with E-state index in [-0.39, 0.29) is 36.3 Å². The molecule has 0 aromatic heterocycles. The first kappa shape index (κ1) is 21.5. The van der Waals surface area contributed by atoms with Crippen molar-refractivity contribution in [2.24, 2.45) is 0 Å². The van der Waals surface area contributed by atoms with E-state index in [1.54, 1.807) is 24.3 Å². The number of para-hydroxylation sites is 1. The first-order valence-corrected chi connectivity index (χ1v) is 11.3. The molecule has 1 aliphatic carbocycles. The molecule has 2 aromatic carbocycles. The number of carbonyl (C=O) groups excluding carboxylic acids is 2. The van der Waals surface area contributed by atoms with E-state index in [2.05, 4.69) is 15.5 Å². The molecule has 0 spiro atoms. The number of nitrogens with one attached hydrogen (secondary N) is 2. The maximum absolute atomic E-state index is 13.5. The fourth-order valence-electron chi connectivity index (χ4n) is 4.77. The van der Waals surface area contributed by atoms with Gasteiger partial charge in [0.2, 0.25) is 5.91 Å². The summed E-state index contributed by atoms with van der Waals surface area (Å²) in [7, 11) is 0. The van der Waals surface area contributed by atoms with E-state index in [1.165, 1.54) is 6.07 Å². The number of likely N-dealkylation sites (tertiary alicyclic amines) is 1. The van der Waals surface area contributed by atoms with Gasteiger partial charge in [-0.25, -0.2) is 4.39 Å². The van der Waals surface area contributed by atoms with Crippen molar-refractivity contribution in [1.29, 1.82) is 0 Å². The molecule has 2 aromatic rings. The molecule has 0 bridgehead atoms. The van der Waals surface area contributed by atoms with Crippen molar-refractivity contribution >= 4 is 17.5 Å². The third kappa shape index (κ3) is 5.70. The summed E-state index contributed by atoms with van der Waals surface area (Å²) in [4.78, 5) is 27.7. The van der Waals surface area contributed by atoms with Crippen LogP contribution >= 0.6 is 0 Å². The smallest absolute Gasteiger partial charge is 0.253 e. The van der Waals surface area contributed by atoms with Gasteiger partial charge in [0.25, 0.3) is 5.91 Å². The minimum Gasteiger partial charge on any atom is -0.349 e. The summed E-state index contributed by atoms with van der Waals surface area (Å²) in [6.45, 7) is 1.11. The fraction of sp³-hybridized carbons (Fsp3) is 0.440. The van der Waals surface area contributed by atoms with Crippen molar-refractivity contribution in [3.8, 4) is 0 Å². The van der Waals surface area contributed by atoms with Crippen LogP contribution in [-0.2, 0) is 11.2 Å². The molecule has 1 aliphatic heterocycles. The van der Waals surface area contributed by atoms with E-state index in [9.17, 15) is 14.0 Å². The Morgan fingerprint density at radius 2 is 1.81 bits per heavy atom. The molecule has 2 aliphatic rings. The highest BCUT2D eigenvalue weighted by molar-refractivity contribution is 6.04. The topological polar surface area (TPSA) is 61.4 Å². The van der Waals surface area contributed by atoms with E-state index in [0.29, 0.717) is 11.3 Å². The number of anilines is 1. The summed E-state index contributed by atoms with van der Waals surface area (Å²) in [5.41, 5.74) is 2.00. The number of carbonyl (C=O) groups is 2. The van der Waals surface area contributed by atoms with Crippen molar-refractivity contribution < 1.29 is 14.0 Å². The summed E-state index contributed by atoms with van der Waals surface area (Å²) in [6, 6.07) is 14.3. The molecule has 1 unspecified atom stereocenters. The van der Waals surface area contributed by atoms with E-state index in [4.69, 9.17) is 0 Å². The van der Waals surface area contributed by atoms with Crippen molar-refractivity contribution in [3.05, 3.63) is 65.5 Å². The lowest BCUT2D eigenvalue weighted by molar-refractivity contribution is -0.117. The van der Waals surface area contributed by atoms with Gasteiger partial charge in [-0.05, 0) is 68.5 Å². The number of rotatable bonds is 7. The third-order valence-electron chi connectivity index (χ3n) is 6.34. The highest BCUT2D eigenvalue weighted by atomic mass is 19.1. The minimum absolute atomic E-state index is 0.132. The molecule has 1 heterocycles. The largest absolute Gasteiger partial charge is 0.349 e. The lowest BCUT2D eigenvalue weighted by Crippen LogP contribution is -2.38. The van der Waals surface area contributed by atoms with Gasteiger partial charge in [-0.15, -0.1) is 0 Å². The number of halogens is 1. The molecule has 5 nitrogen and oxygen atoms in total.